The lowest BCUT2D eigenvalue weighted by Gasteiger charge is -2.39. The molecule has 1 aromatic heterocycles. The van der Waals surface area contributed by atoms with Crippen molar-refractivity contribution >= 4 is 115 Å². The molecule has 8 amide bonds. The van der Waals surface area contributed by atoms with Crippen molar-refractivity contribution in [1.29, 1.82) is 0 Å². The number of fused-ring (bicyclic) bond motifs is 15. The largest absolute Gasteiger partial charge is 0.507 e. The van der Waals surface area contributed by atoms with Crippen LogP contribution in [0.4, 0.5) is 31.9 Å². The van der Waals surface area contributed by atoms with Gasteiger partial charge in [-0.3, -0.25) is 52.8 Å². The summed E-state index contributed by atoms with van der Waals surface area (Å²) in [4.78, 5) is 172. The molecule has 0 radical (unpaired) electrons. The van der Waals surface area contributed by atoms with E-state index in [4.69, 9.17) is 38.8 Å². The Bertz CT molecular complexity index is 5750. The first kappa shape index (κ1) is 93.9. The van der Waals surface area contributed by atoms with Gasteiger partial charge >= 0.3 is 23.8 Å². The number of carbonyl (C=O) groups excluding carboxylic acids is 9. The van der Waals surface area contributed by atoms with Crippen molar-refractivity contribution in [3.63, 3.8) is 0 Å². The van der Waals surface area contributed by atoms with Crippen molar-refractivity contribution in [3.05, 3.63) is 145 Å². The van der Waals surface area contributed by atoms with E-state index >= 15 is 14.0 Å². The van der Waals surface area contributed by atoms with Gasteiger partial charge in [0.25, 0.3) is 23.5 Å². The lowest BCUT2D eigenvalue weighted by Crippen LogP contribution is -2.54. The minimum absolute atomic E-state index is 0.00799. The number of aliphatic hydroxyl groups excluding tert-OH is 2. The molecule has 5 aromatic rings. The Hall–Kier alpha value is -12.8. The lowest BCUT2D eigenvalue weighted by atomic mass is 9.80. The molecular weight excluding hydrogens is 1670 g/mol. The molecule has 3 fully saturated rings. The molecule has 5 bridgehead atoms. The molecular formula is C94H113FN12O22. The van der Waals surface area contributed by atoms with Crippen LogP contribution in [0.15, 0.2) is 111 Å². The molecule has 9 aliphatic rings. The number of aromatic nitrogens is 2. The number of nitrogens with one attached hydrogen (secondary N) is 6. The number of carbonyl (C=O) groups is 10. The molecule has 12 N–H and O–H groups in total. The molecule has 2 saturated heterocycles. The van der Waals surface area contributed by atoms with Crippen LogP contribution < -0.4 is 72.5 Å². The van der Waals surface area contributed by atoms with Gasteiger partial charge < -0.3 is 101 Å². The highest BCUT2D eigenvalue weighted by Gasteiger charge is 2.51. The number of urea groups is 1. The number of unbranched alkanes of at least 4 members (excludes halogenated alkanes) is 2. The maximum absolute atomic E-state index is 16.5. The molecule has 4 aromatic carbocycles. The molecule has 688 valence electrons. The molecule has 7 aliphatic heterocycles. The molecule has 10 atom stereocenters. The molecule has 8 heterocycles. The summed E-state index contributed by atoms with van der Waals surface area (Å²) in [6.07, 6.45) is 13.7. The number of allylic oxidation sites excluding steroid dienone is 2. The van der Waals surface area contributed by atoms with E-state index in [2.05, 4.69) is 36.8 Å². The number of aliphatic hydroxyl groups is 2. The number of methoxy groups -OCH3 is 1. The van der Waals surface area contributed by atoms with Gasteiger partial charge in [0.05, 0.1) is 47.4 Å². The smallest absolute Gasteiger partial charge is 0.341 e. The highest BCUT2D eigenvalue weighted by molar-refractivity contribution is 6.23. The van der Waals surface area contributed by atoms with Gasteiger partial charge in [0.2, 0.25) is 28.6 Å². The quantitative estimate of drug-likeness (QED) is 0.00749. The zero-order valence-electron chi connectivity index (χ0n) is 74.1. The van der Waals surface area contributed by atoms with E-state index in [-0.39, 0.29) is 136 Å². The summed E-state index contributed by atoms with van der Waals surface area (Å²) in [6, 6.07) is 8.07. The van der Waals surface area contributed by atoms with Crippen LogP contribution in [0, 0.1) is 42.3 Å². The van der Waals surface area contributed by atoms with Crippen LogP contribution in [0.5, 0.6) is 23.0 Å². The number of amides is 8. The number of phenolic OH excluding ortho intramolecular Hbond substituents is 1. The van der Waals surface area contributed by atoms with Crippen molar-refractivity contribution in [2.45, 2.75) is 214 Å². The number of nitrogens with zero attached hydrogens (tertiary/aromatic N) is 5. The Morgan fingerprint density at radius 1 is 0.822 bits per heavy atom. The zero-order valence-corrected chi connectivity index (χ0v) is 74.1. The van der Waals surface area contributed by atoms with Crippen LogP contribution in [0.2, 0.25) is 0 Å². The fourth-order valence-corrected chi connectivity index (χ4v) is 17.9. The molecule has 2 aliphatic carbocycles. The highest BCUT2D eigenvalue weighted by atomic mass is 19.1. The number of anilines is 4. The number of primary amides is 1. The number of rotatable bonds is 27. The molecule has 34 nitrogen and oxygen atoms in total. The third-order valence-electron chi connectivity index (χ3n) is 25.3. The van der Waals surface area contributed by atoms with Crippen LogP contribution in [0.25, 0.3) is 44.2 Å². The van der Waals surface area contributed by atoms with Crippen LogP contribution in [0.3, 0.4) is 0 Å². The Kier molecular flexibility index (Phi) is 29.0. The minimum atomic E-state index is -2.25. The number of piperidine rings is 2. The number of halogens is 1. The Balaban J connectivity index is 0.818. The number of pyridine rings is 1. The number of aromatic hydroxyl groups is 1. The summed E-state index contributed by atoms with van der Waals surface area (Å²) in [6.45, 7) is 18.0. The van der Waals surface area contributed by atoms with Crippen molar-refractivity contribution in [3.8, 4) is 34.5 Å². The van der Waals surface area contributed by atoms with E-state index in [1.165, 1.54) is 65.3 Å². The van der Waals surface area contributed by atoms with Gasteiger partial charge in [0.15, 0.2) is 28.7 Å². The van der Waals surface area contributed by atoms with E-state index in [9.17, 15) is 68.4 Å². The van der Waals surface area contributed by atoms with Gasteiger partial charge in [-0.1, -0.05) is 78.3 Å². The van der Waals surface area contributed by atoms with Gasteiger partial charge in [0, 0.05) is 148 Å². The minimum Gasteiger partial charge on any atom is -0.507 e. The van der Waals surface area contributed by atoms with E-state index in [0.717, 1.165) is 30.1 Å². The number of phenols is 1. The Morgan fingerprint density at radius 2 is 1.50 bits per heavy atom. The van der Waals surface area contributed by atoms with E-state index in [1.807, 2.05) is 18.7 Å². The fraction of sp³-hybridized carbons (Fsp3) is 0.479. The maximum atomic E-state index is 16.5. The van der Waals surface area contributed by atoms with Gasteiger partial charge in [0.1, 0.15) is 64.4 Å². The fourth-order valence-electron chi connectivity index (χ4n) is 17.9. The van der Waals surface area contributed by atoms with Crippen molar-refractivity contribution in [1.82, 2.24) is 35.7 Å². The second kappa shape index (κ2) is 39.9. The lowest BCUT2D eigenvalue weighted by molar-refractivity contribution is -0.155. The second-order valence-electron chi connectivity index (χ2n) is 35.2. The molecule has 0 spiro atoms. The number of ketones is 1. The average molecular weight is 1780 g/mol. The van der Waals surface area contributed by atoms with Crippen molar-refractivity contribution in [2.75, 3.05) is 66.8 Å². The average Bonchev–Trinajstić information content (AvgIpc) is 1.59. The number of nitrogens with two attached hydrogens (primary N) is 1. The summed E-state index contributed by atoms with van der Waals surface area (Å²) < 4.78 is 56.4. The monoisotopic (exact) mass is 1780 g/mol. The number of Topliss-reactive ketones (excluding diaryl/α,β-unsaturated/α-hetero) is 1. The van der Waals surface area contributed by atoms with Crippen molar-refractivity contribution < 1.29 is 101 Å². The maximum Gasteiger partial charge on any atom is 0.341 e. The first-order chi connectivity index (χ1) is 61.4. The number of esters is 1. The number of carboxylic acid groups (broad SMARTS) is 1. The highest BCUT2D eigenvalue weighted by Crippen LogP contribution is 2.52. The summed E-state index contributed by atoms with van der Waals surface area (Å²) in [7, 11) is 1.41. The predicted octanol–water partition coefficient (Wildman–Crippen LogP) is 10.1. The van der Waals surface area contributed by atoms with Crippen molar-refractivity contribution in [2.24, 2.45) is 35.3 Å². The second-order valence-corrected chi connectivity index (χ2v) is 35.2. The molecule has 129 heavy (non-hydrogen) atoms. The van der Waals surface area contributed by atoms with E-state index < -0.39 is 158 Å². The molecule has 35 heteroatoms. The van der Waals surface area contributed by atoms with Crippen LogP contribution >= 0.6 is 0 Å². The summed E-state index contributed by atoms with van der Waals surface area (Å²) >= 11 is 0. The van der Waals surface area contributed by atoms with E-state index in [1.54, 1.807) is 80.8 Å². The number of ether oxygens (including phenoxy) is 5. The summed E-state index contributed by atoms with van der Waals surface area (Å²) in [5, 5.41) is 62.6. The van der Waals surface area contributed by atoms with E-state index in [0.29, 0.717) is 100 Å². The molecule has 1 saturated carbocycles. The number of hydrogen-bond donors (Lipinski definition) is 11. The summed E-state index contributed by atoms with van der Waals surface area (Å²) in [5.74, 6) is -12.4. The SMILES string of the molecule is COc1c(N2CCC(NC3CCN(c4cc(OCc5ccc(NC(=O)[C@H](CCCNC(N)=O)NC(=O)[C@@H](NC(=O)CCCCCN6C(=O)C=CC6=O)C(C)C)cc5)c5nc6c7c8c9c(C)c(O)c7c(=O)c(c-6oc5c4)NC(=O)/C(C)=C\C=C\[C@H](C)[C@H](O)[C@@H](C)C[C@@H](C)[C@H](OC(C)=O)[C@H](C)[C@@H](O)/C=C/O[C@@](C)(O9)C8=O)CC3)CC2)c(F)cc2c(=O)c(C(=O)O)cn(C3CC3)c12. The number of imide groups is 1. The zero-order chi connectivity index (χ0) is 92.9. The predicted molar refractivity (Wildman–Crippen MR) is 478 cm³/mol. The molecule has 0 unspecified atom stereocenters. The first-order valence-corrected chi connectivity index (χ1v) is 44.0. The van der Waals surface area contributed by atoms with Gasteiger partial charge in [-0.2, -0.15) is 0 Å². The third-order valence-corrected chi connectivity index (χ3v) is 25.3. The first-order valence-electron chi connectivity index (χ1n) is 44.0. The van der Waals surface area contributed by atoms with Gasteiger partial charge in [-0.05, 0) is 132 Å². The van der Waals surface area contributed by atoms with Crippen LogP contribution in [-0.2, 0) is 49.6 Å². The Labute approximate surface area is 743 Å². The normalized spacial score (nSPS) is 22.8. The van der Waals surface area contributed by atoms with Gasteiger partial charge in [-0.25, -0.2) is 19.0 Å². The molecule has 14 rings (SSSR count). The number of hydrogen-bond acceptors (Lipinski definition) is 25. The summed E-state index contributed by atoms with van der Waals surface area (Å²) in [5.41, 5.74) is 4.24. The standard InChI is InChI=1S/C94H113FN12O22/c1-47(2)74(101-68(110)20-13-12-14-35-106-69(111)27-28-70(106)112)91(120)100-64(19-16-34-97-93(96)123)90(119)99-56-23-21-55(22-24-56)46-125-66-42-60(104-36-29-57(30-37-104)98-58-31-38-105(39-32-58)79-63(95)44-61-78(87(79)124-11)107(59-25-26-59)45-62(82(61)115)92(121)122)43-67-75(66)102-76-71-72-81(114)53(8)85-73(71)88(117)94(10,129-85)126-40-33-65(109)52(7)84(127-54(9)108)51(6)41-50(5)80(113)48(3)17-15-18-49(4)89(118)103-77(83(72)116)86(76)128-67/h15,17-18,21-24,27-28,33,40,42-45,47-48,50-52,57-59,64-65,74,80,84,98,109,113-114H,12-14,16,19-20,25-26,29-32,34-39,41,46H2,1-11H3,(H,99,119)(H,100,120)(H,101,110)(H,103,118)(H,121,122)(H3,96,97,123)/b17-15+,40-33+,49-18-/t48-,50-,51+,52+,64-,65-,74-,80-,84-,94-/m0/s1. The van der Waals surface area contributed by atoms with Gasteiger partial charge in [-0.15, -0.1) is 0 Å². The number of benzene rings is 5. The number of carboxylic acids is 1. The Morgan fingerprint density at radius 3 is 2.15 bits per heavy atom. The van der Waals surface area contributed by atoms with Crippen LogP contribution in [0.1, 0.15) is 184 Å². The van der Waals surface area contributed by atoms with Crippen LogP contribution in [-0.4, -0.2) is 189 Å². The topological polar surface area (TPSA) is 471 Å². The number of aromatic carboxylic acids is 1. The third kappa shape index (κ3) is 20.7.